The summed E-state index contributed by atoms with van der Waals surface area (Å²) in [5.74, 6) is 1.04. The van der Waals surface area contributed by atoms with E-state index in [1.54, 1.807) is 43.8 Å². The first kappa shape index (κ1) is 19.8. The molecule has 3 aromatic rings. The topological polar surface area (TPSA) is 75.8 Å². The molecule has 154 valence electrons. The number of ether oxygens (including phenoxy) is 3. The normalized spacial score (nSPS) is 14.9. The van der Waals surface area contributed by atoms with E-state index in [4.69, 9.17) is 14.2 Å². The smallest absolute Gasteiger partial charge is 0.272 e. The molecule has 1 amide bonds. The van der Waals surface area contributed by atoms with Crippen LogP contribution in [0.15, 0.2) is 24.3 Å². The predicted octanol–water partition coefficient (Wildman–Crippen LogP) is 3.64. The van der Waals surface area contributed by atoms with Crippen LogP contribution in [0.1, 0.15) is 20.9 Å². The molecule has 3 heterocycles. The number of anilines is 1. The van der Waals surface area contributed by atoms with Gasteiger partial charge in [-0.3, -0.25) is 9.69 Å². The number of benzene rings is 1. The van der Waals surface area contributed by atoms with Crippen molar-refractivity contribution in [2.24, 2.45) is 0 Å². The molecule has 0 radical (unpaired) electrons. The molecule has 0 aliphatic carbocycles. The van der Waals surface area contributed by atoms with Crippen molar-refractivity contribution in [1.29, 1.82) is 0 Å². The Morgan fingerprint density at radius 3 is 2.76 bits per heavy atom. The first-order valence-corrected chi connectivity index (χ1v) is 10.3. The molecule has 1 fully saturated rings. The molecule has 4 rings (SSSR count). The fourth-order valence-corrected chi connectivity index (χ4v) is 4.58. The number of morpholine rings is 1. The molecule has 0 unspecified atom stereocenters. The Morgan fingerprint density at radius 2 is 2.03 bits per heavy atom. The molecule has 0 saturated carbocycles. The van der Waals surface area contributed by atoms with E-state index < -0.39 is 0 Å². The predicted molar refractivity (Wildman–Crippen MR) is 115 cm³/mol. The second-order valence-electron chi connectivity index (χ2n) is 6.99. The summed E-state index contributed by atoms with van der Waals surface area (Å²) in [7, 11) is 3.17. The summed E-state index contributed by atoms with van der Waals surface area (Å²) < 4.78 is 17.2. The zero-order valence-electron chi connectivity index (χ0n) is 16.8. The second-order valence-corrected chi connectivity index (χ2v) is 8.24. The molecule has 1 aliphatic heterocycles. The van der Waals surface area contributed by atoms with Crippen molar-refractivity contribution in [3.63, 3.8) is 0 Å². The van der Waals surface area contributed by atoms with Gasteiger partial charge in [-0.2, -0.15) is 0 Å². The van der Waals surface area contributed by atoms with Crippen LogP contribution in [0.3, 0.4) is 0 Å². The number of hydrogen-bond acceptors (Lipinski definition) is 6. The number of thiophene rings is 1. The number of carbonyl (C=O) groups is 1. The number of hydrogen-bond donors (Lipinski definition) is 2. The van der Waals surface area contributed by atoms with Crippen molar-refractivity contribution < 1.29 is 19.0 Å². The number of aromatic nitrogens is 1. The average molecular weight is 416 g/mol. The van der Waals surface area contributed by atoms with Gasteiger partial charge in [-0.05, 0) is 25.1 Å². The largest absolute Gasteiger partial charge is 0.497 e. The number of methoxy groups -OCH3 is 2. The van der Waals surface area contributed by atoms with Crippen LogP contribution in [-0.4, -0.2) is 56.3 Å². The third-order valence-corrected chi connectivity index (χ3v) is 6.17. The fourth-order valence-electron chi connectivity index (χ4n) is 3.57. The summed E-state index contributed by atoms with van der Waals surface area (Å²) in [6, 6.07) is 7.42. The van der Waals surface area contributed by atoms with Gasteiger partial charge in [0.05, 0.1) is 43.3 Å². The van der Waals surface area contributed by atoms with Gasteiger partial charge in [0.25, 0.3) is 5.91 Å². The Kier molecular flexibility index (Phi) is 5.75. The van der Waals surface area contributed by atoms with Crippen molar-refractivity contribution in [2.75, 3.05) is 45.8 Å². The minimum absolute atomic E-state index is 0.183. The number of fused-ring (bicyclic) bond motifs is 1. The molecule has 1 saturated heterocycles. The lowest BCUT2D eigenvalue weighted by Crippen LogP contribution is -2.36. The maximum absolute atomic E-state index is 13.2. The van der Waals surface area contributed by atoms with Crippen LogP contribution in [0.5, 0.6) is 11.5 Å². The molecular weight excluding hydrogens is 390 g/mol. The van der Waals surface area contributed by atoms with Gasteiger partial charge in [-0.25, -0.2) is 0 Å². The van der Waals surface area contributed by atoms with Crippen LogP contribution in [0, 0.1) is 6.92 Å². The van der Waals surface area contributed by atoms with Gasteiger partial charge >= 0.3 is 0 Å². The third-order valence-electron chi connectivity index (χ3n) is 5.06. The highest BCUT2D eigenvalue weighted by Gasteiger charge is 2.23. The summed E-state index contributed by atoms with van der Waals surface area (Å²) in [5.41, 5.74) is 3.23. The van der Waals surface area contributed by atoms with Gasteiger partial charge in [0, 0.05) is 36.1 Å². The molecular formula is C21H25N3O4S. The van der Waals surface area contributed by atoms with Crippen LogP contribution in [0.4, 0.5) is 5.69 Å². The number of aryl methyl sites for hydroxylation is 1. The highest BCUT2D eigenvalue weighted by molar-refractivity contribution is 7.19. The SMILES string of the molecule is COc1ccc(NC(=O)c2[nH]c3cc(C)sc3c2CN2CCOCC2)c(OC)c1. The Labute approximate surface area is 173 Å². The molecule has 0 spiro atoms. The minimum Gasteiger partial charge on any atom is -0.497 e. The van der Waals surface area contributed by atoms with Gasteiger partial charge in [-0.15, -0.1) is 11.3 Å². The molecule has 2 N–H and O–H groups in total. The first-order valence-electron chi connectivity index (χ1n) is 9.53. The number of H-pyrrole nitrogens is 1. The highest BCUT2D eigenvalue weighted by Crippen LogP contribution is 2.33. The van der Waals surface area contributed by atoms with Gasteiger partial charge in [0.15, 0.2) is 0 Å². The summed E-state index contributed by atoms with van der Waals surface area (Å²) in [6.07, 6.45) is 0. The number of nitrogens with one attached hydrogen (secondary N) is 2. The van der Waals surface area contributed by atoms with Crippen LogP contribution in [0.2, 0.25) is 0 Å². The lowest BCUT2D eigenvalue weighted by molar-refractivity contribution is 0.0343. The van der Waals surface area contributed by atoms with Crippen molar-refractivity contribution in [1.82, 2.24) is 9.88 Å². The molecule has 0 atom stereocenters. The maximum Gasteiger partial charge on any atom is 0.272 e. The monoisotopic (exact) mass is 415 g/mol. The van der Waals surface area contributed by atoms with E-state index in [2.05, 4.69) is 28.2 Å². The van der Waals surface area contributed by atoms with Crippen molar-refractivity contribution in [2.45, 2.75) is 13.5 Å². The van der Waals surface area contributed by atoms with E-state index in [0.29, 0.717) is 29.4 Å². The Bertz CT molecular complexity index is 1020. The van der Waals surface area contributed by atoms with Crippen LogP contribution >= 0.6 is 11.3 Å². The van der Waals surface area contributed by atoms with Crippen LogP contribution in [0.25, 0.3) is 10.2 Å². The number of carbonyl (C=O) groups excluding carboxylic acids is 1. The van der Waals surface area contributed by atoms with E-state index in [1.807, 2.05) is 0 Å². The number of nitrogens with zero attached hydrogens (tertiary/aromatic N) is 1. The van der Waals surface area contributed by atoms with Crippen LogP contribution < -0.4 is 14.8 Å². The molecule has 8 heteroatoms. The summed E-state index contributed by atoms with van der Waals surface area (Å²) >= 11 is 1.71. The summed E-state index contributed by atoms with van der Waals surface area (Å²) in [5, 5.41) is 2.98. The third kappa shape index (κ3) is 4.10. The summed E-state index contributed by atoms with van der Waals surface area (Å²) in [6.45, 7) is 5.98. The van der Waals surface area contributed by atoms with E-state index in [-0.39, 0.29) is 5.91 Å². The van der Waals surface area contributed by atoms with Crippen molar-refractivity contribution >= 4 is 33.1 Å². The van der Waals surface area contributed by atoms with Crippen LogP contribution in [-0.2, 0) is 11.3 Å². The zero-order chi connectivity index (χ0) is 20.4. The van der Waals surface area contributed by atoms with Crippen molar-refractivity contribution in [3.05, 3.63) is 40.4 Å². The van der Waals surface area contributed by atoms with Gasteiger partial charge in [-0.1, -0.05) is 0 Å². The Morgan fingerprint density at radius 1 is 1.24 bits per heavy atom. The number of rotatable bonds is 6. The van der Waals surface area contributed by atoms with Gasteiger partial charge in [0.2, 0.25) is 0 Å². The van der Waals surface area contributed by atoms with Crippen molar-refractivity contribution in [3.8, 4) is 11.5 Å². The maximum atomic E-state index is 13.2. The van der Waals surface area contributed by atoms with E-state index in [1.165, 1.54) is 4.88 Å². The molecule has 29 heavy (non-hydrogen) atoms. The lowest BCUT2D eigenvalue weighted by atomic mass is 10.2. The minimum atomic E-state index is -0.183. The van der Waals surface area contributed by atoms with E-state index in [0.717, 1.165) is 42.1 Å². The molecule has 1 aliphatic rings. The molecule has 1 aromatic carbocycles. The highest BCUT2D eigenvalue weighted by atomic mass is 32.1. The fraction of sp³-hybridized carbons (Fsp3) is 0.381. The van der Waals surface area contributed by atoms with Gasteiger partial charge in [0.1, 0.15) is 17.2 Å². The quantitative estimate of drug-likeness (QED) is 0.643. The molecule has 0 bridgehead atoms. The lowest BCUT2D eigenvalue weighted by Gasteiger charge is -2.26. The standard InChI is InChI=1S/C21H25N3O4S/c1-13-10-17-20(29-13)15(12-24-6-8-28-9-7-24)19(22-17)21(25)23-16-5-4-14(26-2)11-18(16)27-3/h4-5,10-11,22H,6-9,12H2,1-3H3,(H,23,25). The zero-order valence-corrected chi connectivity index (χ0v) is 17.6. The Balaban J connectivity index is 1.65. The number of aromatic amines is 1. The molecule has 2 aromatic heterocycles. The Hall–Kier alpha value is -2.55. The average Bonchev–Trinajstić information content (AvgIpc) is 3.26. The van der Waals surface area contributed by atoms with E-state index in [9.17, 15) is 4.79 Å². The first-order chi connectivity index (χ1) is 14.1. The molecule has 7 nitrogen and oxygen atoms in total. The van der Waals surface area contributed by atoms with E-state index >= 15 is 0 Å². The second kappa shape index (κ2) is 8.44. The number of amides is 1. The van der Waals surface area contributed by atoms with Gasteiger partial charge < -0.3 is 24.5 Å². The summed E-state index contributed by atoms with van der Waals surface area (Å²) in [4.78, 5) is 20.1.